The van der Waals surface area contributed by atoms with Crippen LogP contribution >= 0.6 is 0 Å². The first kappa shape index (κ1) is 14.5. The van der Waals surface area contributed by atoms with Gasteiger partial charge in [0, 0.05) is 36.1 Å². The highest BCUT2D eigenvalue weighted by molar-refractivity contribution is 5.81. The second kappa shape index (κ2) is 6.18. The van der Waals surface area contributed by atoms with Crippen LogP contribution in [0.5, 0.6) is 0 Å². The van der Waals surface area contributed by atoms with Gasteiger partial charge in [-0.15, -0.1) is 0 Å². The van der Waals surface area contributed by atoms with E-state index in [-0.39, 0.29) is 0 Å². The van der Waals surface area contributed by atoms with Gasteiger partial charge >= 0.3 is 0 Å². The molecule has 0 saturated carbocycles. The van der Waals surface area contributed by atoms with Crippen molar-refractivity contribution < 1.29 is 0 Å². The van der Waals surface area contributed by atoms with Gasteiger partial charge in [-0.05, 0) is 35.4 Å². The van der Waals surface area contributed by atoms with Gasteiger partial charge in [-0.1, -0.05) is 30.3 Å². The fourth-order valence-electron chi connectivity index (χ4n) is 2.70. The van der Waals surface area contributed by atoms with E-state index in [0.29, 0.717) is 6.54 Å². The summed E-state index contributed by atoms with van der Waals surface area (Å²) in [7, 11) is 0. The topological polar surface area (TPSA) is 64.7 Å². The minimum Gasteiger partial charge on any atom is -0.325 e. The number of hydrogen-bond acceptors (Lipinski definition) is 4. The number of aromatic nitrogens is 3. The Kier molecular flexibility index (Phi) is 3.73. The average Bonchev–Trinajstić information content (AvgIpc) is 2.68. The maximum atomic E-state index is 5.67. The van der Waals surface area contributed by atoms with Crippen LogP contribution in [0.2, 0.25) is 0 Å². The van der Waals surface area contributed by atoms with Gasteiger partial charge < -0.3 is 5.73 Å². The molecule has 0 aliphatic heterocycles. The van der Waals surface area contributed by atoms with Crippen molar-refractivity contribution in [2.45, 2.75) is 6.54 Å². The smallest absolute Gasteiger partial charge is 0.0743 e. The maximum Gasteiger partial charge on any atom is 0.0743 e. The molecule has 1 aromatic carbocycles. The Bertz CT molecular complexity index is 979. The summed E-state index contributed by atoms with van der Waals surface area (Å²) in [5.41, 5.74) is 11.7. The predicted molar refractivity (Wildman–Crippen MR) is 96.1 cm³/mol. The molecule has 0 amide bonds. The zero-order valence-corrected chi connectivity index (χ0v) is 13.1. The molecule has 4 aromatic rings. The number of benzene rings is 1. The van der Waals surface area contributed by atoms with Gasteiger partial charge in [0.1, 0.15) is 0 Å². The third-order valence-electron chi connectivity index (χ3n) is 4.01. The van der Waals surface area contributed by atoms with Crippen molar-refractivity contribution in [1.82, 2.24) is 15.0 Å². The van der Waals surface area contributed by atoms with Crippen molar-refractivity contribution in [2.75, 3.05) is 0 Å². The molecule has 0 spiro atoms. The monoisotopic (exact) mass is 312 g/mol. The standard InChI is InChI=1S/C20H16N4/c21-11-18-10-20-17(13-23-18)7-8-19(24-20)15-5-3-14(4-6-15)16-2-1-9-22-12-16/h1-10,12-13H,11,21H2. The van der Waals surface area contributed by atoms with Crippen LogP contribution in [-0.2, 0) is 6.54 Å². The number of rotatable bonds is 3. The van der Waals surface area contributed by atoms with Crippen LogP contribution in [0, 0.1) is 0 Å². The first-order chi connectivity index (χ1) is 11.8. The molecule has 0 bridgehead atoms. The maximum absolute atomic E-state index is 5.67. The molecule has 4 heteroatoms. The number of hydrogen-bond donors (Lipinski definition) is 1. The predicted octanol–water partition coefficient (Wildman–Crippen LogP) is 3.82. The van der Waals surface area contributed by atoms with E-state index in [0.717, 1.165) is 39.0 Å². The Morgan fingerprint density at radius 3 is 2.42 bits per heavy atom. The van der Waals surface area contributed by atoms with E-state index < -0.39 is 0 Å². The largest absolute Gasteiger partial charge is 0.325 e. The summed E-state index contributed by atoms with van der Waals surface area (Å²) in [5.74, 6) is 0. The Morgan fingerprint density at radius 1 is 0.833 bits per heavy atom. The van der Waals surface area contributed by atoms with E-state index in [1.54, 1.807) is 6.20 Å². The summed E-state index contributed by atoms with van der Waals surface area (Å²) < 4.78 is 0. The molecule has 2 N–H and O–H groups in total. The molecule has 0 fully saturated rings. The summed E-state index contributed by atoms with van der Waals surface area (Å²) in [4.78, 5) is 13.2. The van der Waals surface area contributed by atoms with Crippen LogP contribution in [0.25, 0.3) is 33.3 Å². The lowest BCUT2D eigenvalue weighted by molar-refractivity contribution is 0.996. The fraction of sp³-hybridized carbons (Fsp3) is 0.0500. The van der Waals surface area contributed by atoms with Gasteiger partial charge in [-0.3, -0.25) is 9.97 Å². The van der Waals surface area contributed by atoms with E-state index in [1.165, 1.54) is 0 Å². The molecule has 0 atom stereocenters. The number of nitrogens with zero attached hydrogens (tertiary/aromatic N) is 3. The van der Waals surface area contributed by atoms with E-state index in [9.17, 15) is 0 Å². The SMILES string of the molecule is NCc1cc2nc(-c3ccc(-c4cccnc4)cc3)ccc2cn1. The molecule has 4 rings (SSSR count). The highest BCUT2D eigenvalue weighted by Crippen LogP contribution is 2.25. The van der Waals surface area contributed by atoms with Crippen molar-refractivity contribution in [1.29, 1.82) is 0 Å². The average molecular weight is 312 g/mol. The van der Waals surface area contributed by atoms with Crippen molar-refractivity contribution in [2.24, 2.45) is 5.73 Å². The lowest BCUT2D eigenvalue weighted by Crippen LogP contribution is -1.99. The lowest BCUT2D eigenvalue weighted by Gasteiger charge is -2.06. The zero-order valence-electron chi connectivity index (χ0n) is 13.1. The summed E-state index contributed by atoms with van der Waals surface area (Å²) in [6.45, 7) is 0.418. The lowest BCUT2D eigenvalue weighted by atomic mass is 10.0. The van der Waals surface area contributed by atoms with Gasteiger partial charge in [-0.2, -0.15) is 0 Å². The van der Waals surface area contributed by atoms with Crippen molar-refractivity contribution in [3.8, 4) is 22.4 Å². The van der Waals surface area contributed by atoms with Crippen LogP contribution in [0.15, 0.2) is 73.2 Å². The van der Waals surface area contributed by atoms with Gasteiger partial charge in [0.25, 0.3) is 0 Å². The highest BCUT2D eigenvalue weighted by atomic mass is 14.8. The van der Waals surface area contributed by atoms with Crippen molar-refractivity contribution >= 4 is 10.9 Å². The Labute approximate surface area is 140 Å². The molecular weight excluding hydrogens is 296 g/mol. The van der Waals surface area contributed by atoms with Crippen LogP contribution in [0.1, 0.15) is 5.69 Å². The normalized spacial score (nSPS) is 10.9. The molecule has 4 nitrogen and oxygen atoms in total. The minimum absolute atomic E-state index is 0.418. The zero-order chi connectivity index (χ0) is 16.4. The van der Waals surface area contributed by atoms with Crippen LogP contribution < -0.4 is 5.73 Å². The second-order valence-electron chi connectivity index (χ2n) is 5.59. The number of nitrogens with two attached hydrogens (primary N) is 1. The van der Waals surface area contributed by atoms with E-state index in [4.69, 9.17) is 10.7 Å². The first-order valence-electron chi connectivity index (χ1n) is 7.80. The molecular formula is C20H16N4. The summed E-state index contributed by atoms with van der Waals surface area (Å²) in [6.07, 6.45) is 5.46. The molecule has 3 aromatic heterocycles. The van der Waals surface area contributed by atoms with Gasteiger partial charge in [0.2, 0.25) is 0 Å². The van der Waals surface area contributed by atoms with Crippen LogP contribution in [0.4, 0.5) is 0 Å². The Balaban J connectivity index is 1.71. The highest BCUT2D eigenvalue weighted by Gasteiger charge is 2.04. The third-order valence-corrected chi connectivity index (χ3v) is 4.01. The summed E-state index contributed by atoms with van der Waals surface area (Å²) in [5, 5.41) is 1.02. The summed E-state index contributed by atoms with van der Waals surface area (Å²) >= 11 is 0. The molecule has 3 heterocycles. The van der Waals surface area contributed by atoms with E-state index >= 15 is 0 Å². The third kappa shape index (κ3) is 2.75. The first-order valence-corrected chi connectivity index (χ1v) is 7.80. The molecule has 0 aliphatic carbocycles. The van der Waals surface area contributed by atoms with Gasteiger partial charge in [0.05, 0.1) is 16.9 Å². The number of fused-ring (bicyclic) bond motifs is 1. The molecule has 0 radical (unpaired) electrons. The van der Waals surface area contributed by atoms with Crippen molar-refractivity contribution in [3.05, 3.63) is 78.9 Å². The molecule has 0 saturated heterocycles. The van der Waals surface area contributed by atoms with E-state index in [2.05, 4.69) is 40.3 Å². The summed E-state index contributed by atoms with van der Waals surface area (Å²) in [6, 6.07) is 18.4. The Hall–Kier alpha value is -3.11. The number of pyridine rings is 3. The van der Waals surface area contributed by atoms with E-state index in [1.807, 2.05) is 36.7 Å². The Morgan fingerprint density at radius 2 is 1.67 bits per heavy atom. The minimum atomic E-state index is 0.418. The van der Waals surface area contributed by atoms with Crippen LogP contribution in [0.3, 0.4) is 0 Å². The molecule has 0 aliphatic rings. The van der Waals surface area contributed by atoms with Crippen LogP contribution in [-0.4, -0.2) is 15.0 Å². The van der Waals surface area contributed by atoms with Crippen molar-refractivity contribution in [3.63, 3.8) is 0 Å². The quantitative estimate of drug-likeness (QED) is 0.624. The molecule has 24 heavy (non-hydrogen) atoms. The second-order valence-corrected chi connectivity index (χ2v) is 5.59. The molecule has 116 valence electrons. The molecule has 0 unspecified atom stereocenters. The van der Waals surface area contributed by atoms with Gasteiger partial charge in [0.15, 0.2) is 0 Å². The fourth-order valence-corrected chi connectivity index (χ4v) is 2.70. The van der Waals surface area contributed by atoms with Gasteiger partial charge in [-0.25, -0.2) is 4.98 Å².